The Labute approximate surface area is 182 Å². The van der Waals surface area contributed by atoms with E-state index in [1.54, 1.807) is 49.4 Å². The molecule has 2 aromatic carbocycles. The first-order chi connectivity index (χ1) is 15.0. The average molecular weight is 424 g/mol. The van der Waals surface area contributed by atoms with Crippen LogP contribution in [0.4, 0.5) is 11.4 Å². The number of unbranched alkanes of at least 4 members (excludes halogenated alkanes) is 2. The van der Waals surface area contributed by atoms with Crippen LogP contribution < -0.4 is 20.1 Å². The first-order valence-corrected chi connectivity index (χ1v) is 10.6. The number of Topliss-reactive ketones (excluding diaryl/α,β-unsaturated/α-hetero) is 1. The van der Waals surface area contributed by atoms with E-state index in [2.05, 4.69) is 17.6 Å². The van der Waals surface area contributed by atoms with Crippen LogP contribution in [0.25, 0.3) is 0 Å². The normalized spacial score (nSPS) is 14.8. The van der Waals surface area contributed by atoms with Crippen molar-refractivity contribution in [2.45, 2.75) is 52.1 Å². The Bertz CT molecular complexity index is 939. The number of hydrogen-bond acceptors (Lipinski definition) is 5. The topological polar surface area (TPSA) is 93.7 Å². The summed E-state index contributed by atoms with van der Waals surface area (Å²) in [6.45, 7) is 4.47. The number of benzene rings is 2. The Morgan fingerprint density at radius 2 is 1.87 bits per heavy atom. The Balaban J connectivity index is 1.47. The number of ether oxygens (including phenoxy) is 2. The monoisotopic (exact) mass is 424 g/mol. The van der Waals surface area contributed by atoms with E-state index < -0.39 is 6.10 Å². The molecule has 2 N–H and O–H groups in total. The number of rotatable bonds is 10. The molecule has 1 aliphatic heterocycles. The molecule has 0 saturated heterocycles. The minimum atomic E-state index is -0.555. The van der Waals surface area contributed by atoms with Crippen molar-refractivity contribution in [3.05, 3.63) is 48.0 Å². The SMILES string of the molecule is CCCCCOc1ccc(C(=O)CCC(=O)Nc2ccc3c(c2)NC(=O)[C@@H](C)O3)cc1. The fourth-order valence-corrected chi connectivity index (χ4v) is 3.16. The first kappa shape index (κ1) is 22.3. The predicted molar refractivity (Wildman–Crippen MR) is 119 cm³/mol. The molecule has 7 nitrogen and oxygen atoms in total. The van der Waals surface area contributed by atoms with Crippen molar-refractivity contribution in [2.75, 3.05) is 17.2 Å². The van der Waals surface area contributed by atoms with Crippen LogP contribution in [0.2, 0.25) is 0 Å². The number of anilines is 2. The van der Waals surface area contributed by atoms with Gasteiger partial charge in [-0.05, 0) is 55.8 Å². The molecule has 0 bridgehead atoms. The van der Waals surface area contributed by atoms with Crippen molar-refractivity contribution in [1.29, 1.82) is 0 Å². The fourth-order valence-electron chi connectivity index (χ4n) is 3.16. The molecule has 0 radical (unpaired) electrons. The maximum absolute atomic E-state index is 12.4. The summed E-state index contributed by atoms with van der Waals surface area (Å²) in [5, 5.41) is 5.49. The third-order valence-electron chi connectivity index (χ3n) is 4.97. The van der Waals surface area contributed by atoms with Gasteiger partial charge in [0.15, 0.2) is 11.9 Å². The van der Waals surface area contributed by atoms with E-state index in [9.17, 15) is 14.4 Å². The van der Waals surface area contributed by atoms with Crippen LogP contribution in [0.5, 0.6) is 11.5 Å². The Kier molecular flexibility index (Phi) is 7.65. The molecule has 0 spiro atoms. The molecule has 7 heteroatoms. The second-order valence-corrected chi connectivity index (χ2v) is 7.51. The van der Waals surface area contributed by atoms with Crippen LogP contribution in [0.15, 0.2) is 42.5 Å². The van der Waals surface area contributed by atoms with Gasteiger partial charge in [0.1, 0.15) is 11.5 Å². The molecule has 0 aliphatic carbocycles. The first-order valence-electron chi connectivity index (χ1n) is 10.6. The van der Waals surface area contributed by atoms with E-state index in [0.29, 0.717) is 29.3 Å². The molecule has 1 aliphatic rings. The van der Waals surface area contributed by atoms with E-state index in [1.165, 1.54) is 0 Å². The zero-order valence-corrected chi connectivity index (χ0v) is 17.9. The summed E-state index contributed by atoms with van der Waals surface area (Å²) in [5.74, 6) is 0.675. The van der Waals surface area contributed by atoms with Gasteiger partial charge >= 0.3 is 0 Å². The molecule has 0 aromatic heterocycles. The highest BCUT2D eigenvalue weighted by Crippen LogP contribution is 2.32. The van der Waals surface area contributed by atoms with Crippen LogP contribution in [-0.2, 0) is 9.59 Å². The molecule has 1 heterocycles. The summed E-state index contributed by atoms with van der Waals surface area (Å²) in [6, 6.07) is 12.0. The van der Waals surface area contributed by atoms with Crippen molar-refractivity contribution in [3.63, 3.8) is 0 Å². The molecule has 31 heavy (non-hydrogen) atoms. The summed E-state index contributed by atoms with van der Waals surface area (Å²) in [5.41, 5.74) is 1.59. The maximum Gasteiger partial charge on any atom is 0.265 e. The lowest BCUT2D eigenvalue weighted by atomic mass is 10.1. The number of ketones is 1. The summed E-state index contributed by atoms with van der Waals surface area (Å²) in [4.78, 5) is 36.4. The van der Waals surface area contributed by atoms with Crippen LogP contribution in [-0.4, -0.2) is 30.3 Å². The highest BCUT2D eigenvalue weighted by molar-refractivity contribution is 6.01. The third kappa shape index (κ3) is 6.31. The maximum atomic E-state index is 12.4. The summed E-state index contributed by atoms with van der Waals surface area (Å²) < 4.78 is 11.1. The average Bonchev–Trinajstić information content (AvgIpc) is 2.76. The molecule has 2 aromatic rings. The lowest BCUT2D eigenvalue weighted by Gasteiger charge is -2.23. The number of carbonyl (C=O) groups excluding carboxylic acids is 3. The van der Waals surface area contributed by atoms with Gasteiger partial charge in [-0.25, -0.2) is 0 Å². The fraction of sp³-hybridized carbons (Fsp3) is 0.375. The van der Waals surface area contributed by atoms with Gasteiger partial charge in [0.2, 0.25) is 5.91 Å². The molecule has 1 atom stereocenters. The number of amides is 2. The van der Waals surface area contributed by atoms with Gasteiger partial charge in [-0.15, -0.1) is 0 Å². The van der Waals surface area contributed by atoms with Crippen LogP contribution in [0.1, 0.15) is 56.3 Å². The van der Waals surface area contributed by atoms with Gasteiger partial charge in [0.25, 0.3) is 5.91 Å². The molecule has 2 amide bonds. The molecule has 0 fully saturated rings. The summed E-state index contributed by atoms with van der Waals surface area (Å²) in [7, 11) is 0. The Morgan fingerprint density at radius 3 is 2.61 bits per heavy atom. The second-order valence-electron chi connectivity index (χ2n) is 7.51. The predicted octanol–water partition coefficient (Wildman–Crippen LogP) is 4.58. The smallest absolute Gasteiger partial charge is 0.265 e. The number of carbonyl (C=O) groups is 3. The van der Waals surface area contributed by atoms with E-state index in [4.69, 9.17) is 9.47 Å². The van der Waals surface area contributed by atoms with Crippen molar-refractivity contribution < 1.29 is 23.9 Å². The molecular weight excluding hydrogens is 396 g/mol. The van der Waals surface area contributed by atoms with E-state index in [1.807, 2.05) is 0 Å². The van der Waals surface area contributed by atoms with Crippen LogP contribution >= 0.6 is 0 Å². The molecule has 0 unspecified atom stereocenters. The van der Waals surface area contributed by atoms with Crippen LogP contribution in [0, 0.1) is 0 Å². The minimum Gasteiger partial charge on any atom is -0.494 e. The third-order valence-corrected chi connectivity index (χ3v) is 4.97. The molecule has 164 valence electrons. The Morgan fingerprint density at radius 1 is 1.10 bits per heavy atom. The van der Waals surface area contributed by atoms with Crippen molar-refractivity contribution in [3.8, 4) is 11.5 Å². The number of hydrogen-bond donors (Lipinski definition) is 2. The highest BCUT2D eigenvalue weighted by atomic mass is 16.5. The molecular formula is C24H28N2O5. The van der Waals surface area contributed by atoms with E-state index in [0.717, 1.165) is 25.0 Å². The number of nitrogens with one attached hydrogen (secondary N) is 2. The molecule has 3 rings (SSSR count). The van der Waals surface area contributed by atoms with Crippen molar-refractivity contribution in [1.82, 2.24) is 0 Å². The van der Waals surface area contributed by atoms with Gasteiger partial charge in [0.05, 0.1) is 12.3 Å². The minimum absolute atomic E-state index is 0.0606. The van der Waals surface area contributed by atoms with E-state index >= 15 is 0 Å². The van der Waals surface area contributed by atoms with E-state index in [-0.39, 0.29) is 30.4 Å². The van der Waals surface area contributed by atoms with Gasteiger partial charge in [-0.3, -0.25) is 14.4 Å². The van der Waals surface area contributed by atoms with Crippen molar-refractivity contribution in [2.24, 2.45) is 0 Å². The second kappa shape index (κ2) is 10.6. The zero-order valence-electron chi connectivity index (χ0n) is 17.9. The molecule has 0 saturated carbocycles. The Hall–Kier alpha value is -3.35. The van der Waals surface area contributed by atoms with Crippen molar-refractivity contribution >= 4 is 29.0 Å². The largest absolute Gasteiger partial charge is 0.494 e. The van der Waals surface area contributed by atoms with Gasteiger partial charge in [0, 0.05) is 24.1 Å². The number of fused-ring (bicyclic) bond motifs is 1. The van der Waals surface area contributed by atoms with Gasteiger partial charge < -0.3 is 20.1 Å². The quantitative estimate of drug-likeness (QED) is 0.430. The lowest BCUT2D eigenvalue weighted by molar-refractivity contribution is -0.122. The van der Waals surface area contributed by atoms with Gasteiger partial charge in [-0.2, -0.15) is 0 Å². The van der Waals surface area contributed by atoms with Crippen LogP contribution in [0.3, 0.4) is 0 Å². The highest BCUT2D eigenvalue weighted by Gasteiger charge is 2.23. The lowest BCUT2D eigenvalue weighted by Crippen LogP contribution is -2.34. The summed E-state index contributed by atoms with van der Waals surface area (Å²) >= 11 is 0. The summed E-state index contributed by atoms with van der Waals surface area (Å²) in [6.07, 6.45) is 2.89. The van der Waals surface area contributed by atoms with Gasteiger partial charge in [-0.1, -0.05) is 19.8 Å². The standard InChI is InChI=1S/C24H28N2O5/c1-3-4-5-14-30-19-9-6-17(7-10-19)21(27)11-13-23(28)25-18-8-12-22-20(15-18)26-24(29)16(2)31-22/h6-10,12,15-16H,3-5,11,13-14H2,1-2H3,(H,25,28)(H,26,29)/t16-/m1/s1. The zero-order chi connectivity index (χ0) is 22.2.